The van der Waals surface area contributed by atoms with Gasteiger partial charge in [-0.1, -0.05) is 0 Å². The van der Waals surface area contributed by atoms with Crippen molar-refractivity contribution in [2.75, 3.05) is 6.61 Å². The number of aryl methyl sites for hydroxylation is 4. The molecule has 0 saturated carbocycles. The van der Waals surface area contributed by atoms with Crippen LogP contribution in [0.2, 0.25) is 0 Å². The zero-order chi connectivity index (χ0) is 21.4. The molecule has 8 heteroatoms. The molecule has 1 aliphatic carbocycles. The third-order valence-corrected chi connectivity index (χ3v) is 7.07. The number of hydrogen-bond donors (Lipinski definition) is 1. The second-order valence-corrected chi connectivity index (χ2v) is 8.91. The lowest BCUT2D eigenvalue weighted by Crippen LogP contribution is -2.17. The van der Waals surface area contributed by atoms with Gasteiger partial charge in [-0.2, -0.15) is 0 Å². The Hall–Kier alpha value is -2.74. The van der Waals surface area contributed by atoms with Gasteiger partial charge in [0.05, 0.1) is 11.8 Å². The summed E-state index contributed by atoms with van der Waals surface area (Å²) in [4.78, 5) is 46.4. The van der Waals surface area contributed by atoms with Gasteiger partial charge in [0, 0.05) is 35.3 Å². The van der Waals surface area contributed by atoms with Gasteiger partial charge in [0.2, 0.25) is 5.78 Å². The Balaban J connectivity index is 1.38. The number of H-pyrrole nitrogens is 1. The highest BCUT2D eigenvalue weighted by Gasteiger charge is 2.20. The van der Waals surface area contributed by atoms with Gasteiger partial charge in [0.25, 0.3) is 5.56 Å². The molecule has 3 aromatic heterocycles. The highest BCUT2D eigenvalue weighted by atomic mass is 32.1. The molecule has 0 radical (unpaired) electrons. The number of hydrogen-bond acceptors (Lipinski definition) is 6. The number of esters is 1. The summed E-state index contributed by atoms with van der Waals surface area (Å²) in [6, 6.07) is 1.80. The molecule has 0 aromatic carbocycles. The smallest absolute Gasteiger partial charge is 0.306 e. The van der Waals surface area contributed by atoms with E-state index in [1.165, 1.54) is 4.88 Å². The molecule has 0 unspecified atom stereocenters. The van der Waals surface area contributed by atoms with E-state index in [0.717, 1.165) is 47.5 Å². The number of fused-ring (bicyclic) bond motifs is 3. The van der Waals surface area contributed by atoms with Gasteiger partial charge in [-0.25, -0.2) is 4.98 Å². The monoisotopic (exact) mass is 427 g/mol. The van der Waals surface area contributed by atoms with Crippen LogP contribution in [0.3, 0.4) is 0 Å². The number of ether oxygens (including phenoxy) is 1. The lowest BCUT2D eigenvalue weighted by molar-refractivity contribution is -0.142. The molecule has 0 amide bonds. The number of nitrogens with zero attached hydrogens (tertiary/aromatic N) is 2. The third-order valence-electron chi connectivity index (χ3n) is 5.88. The number of thiophene rings is 1. The maximum absolute atomic E-state index is 12.6. The molecule has 1 N–H and O–H groups in total. The molecule has 4 rings (SSSR count). The van der Waals surface area contributed by atoms with Gasteiger partial charge >= 0.3 is 5.97 Å². The zero-order valence-corrected chi connectivity index (χ0v) is 18.3. The van der Waals surface area contributed by atoms with Crippen LogP contribution in [0, 0.1) is 13.8 Å². The van der Waals surface area contributed by atoms with Gasteiger partial charge in [0.1, 0.15) is 10.7 Å². The molecular formula is C22H25N3O4S. The van der Waals surface area contributed by atoms with Crippen LogP contribution in [0.15, 0.2) is 10.9 Å². The van der Waals surface area contributed by atoms with Gasteiger partial charge in [-0.3, -0.25) is 14.4 Å². The van der Waals surface area contributed by atoms with Crippen LogP contribution in [0.25, 0.3) is 10.2 Å². The lowest BCUT2D eigenvalue weighted by atomic mass is 9.97. The molecule has 0 bridgehead atoms. The van der Waals surface area contributed by atoms with Crippen molar-refractivity contribution in [2.24, 2.45) is 7.05 Å². The number of aromatic nitrogens is 3. The van der Waals surface area contributed by atoms with Crippen LogP contribution < -0.4 is 5.56 Å². The molecule has 0 spiro atoms. The Morgan fingerprint density at radius 3 is 2.77 bits per heavy atom. The second kappa shape index (κ2) is 8.18. The third kappa shape index (κ3) is 3.84. The standard InChI is InChI=1S/C22H25N3O4S/c1-12-10-15(13(2)25(12)3)16(26)11-29-19(27)9-8-18-23-21(28)20-14-6-4-5-7-17(14)30-22(20)24-18/h10H,4-9,11H2,1-3H3,(H,23,24,28). The van der Waals surface area contributed by atoms with E-state index in [-0.39, 0.29) is 30.8 Å². The summed E-state index contributed by atoms with van der Waals surface area (Å²) in [5, 5.41) is 0.708. The first-order valence-corrected chi connectivity index (χ1v) is 11.0. The first kappa shape index (κ1) is 20.5. The van der Waals surface area contributed by atoms with Crippen molar-refractivity contribution in [1.29, 1.82) is 0 Å². The molecule has 3 aromatic rings. The second-order valence-electron chi connectivity index (χ2n) is 7.83. The van der Waals surface area contributed by atoms with Crippen LogP contribution in [0.5, 0.6) is 0 Å². The fourth-order valence-corrected chi connectivity index (χ4v) is 5.26. The summed E-state index contributed by atoms with van der Waals surface area (Å²) >= 11 is 1.58. The van der Waals surface area contributed by atoms with Crippen LogP contribution in [0.1, 0.15) is 57.3 Å². The lowest BCUT2D eigenvalue weighted by Gasteiger charge is -2.09. The molecule has 0 aliphatic heterocycles. The normalized spacial score (nSPS) is 13.4. The molecule has 3 heterocycles. The minimum atomic E-state index is -0.484. The first-order valence-electron chi connectivity index (χ1n) is 10.2. The van der Waals surface area contributed by atoms with E-state index in [4.69, 9.17) is 4.74 Å². The Labute approximate surface area is 178 Å². The van der Waals surface area contributed by atoms with Gasteiger partial charge < -0.3 is 14.3 Å². The fourth-order valence-electron chi connectivity index (χ4n) is 3.98. The Morgan fingerprint density at radius 1 is 1.27 bits per heavy atom. The van der Waals surface area contributed by atoms with Crippen LogP contribution in [-0.4, -0.2) is 32.9 Å². The molecule has 158 valence electrons. The average molecular weight is 428 g/mol. The van der Waals surface area contributed by atoms with Crippen LogP contribution >= 0.6 is 11.3 Å². The summed E-state index contributed by atoms with van der Waals surface area (Å²) < 4.78 is 7.08. The maximum atomic E-state index is 12.6. The first-order chi connectivity index (χ1) is 14.3. The van der Waals surface area contributed by atoms with Crippen molar-refractivity contribution in [3.05, 3.63) is 49.6 Å². The Bertz CT molecular complexity index is 1200. The van der Waals surface area contributed by atoms with Crippen molar-refractivity contribution in [1.82, 2.24) is 14.5 Å². The van der Waals surface area contributed by atoms with E-state index in [1.54, 1.807) is 17.4 Å². The van der Waals surface area contributed by atoms with E-state index in [1.807, 2.05) is 25.5 Å². The number of aromatic amines is 1. The topological polar surface area (TPSA) is 94.1 Å². The average Bonchev–Trinajstić information content (AvgIpc) is 3.23. The minimum absolute atomic E-state index is 0.0552. The maximum Gasteiger partial charge on any atom is 0.306 e. The molecule has 0 fully saturated rings. The summed E-state index contributed by atoms with van der Waals surface area (Å²) in [6.07, 6.45) is 4.51. The van der Waals surface area contributed by atoms with E-state index in [2.05, 4.69) is 9.97 Å². The quantitative estimate of drug-likeness (QED) is 0.482. The van der Waals surface area contributed by atoms with Crippen LogP contribution in [0.4, 0.5) is 0 Å². The Kier molecular flexibility index (Phi) is 5.60. The highest BCUT2D eigenvalue weighted by molar-refractivity contribution is 7.18. The van der Waals surface area contributed by atoms with Crippen molar-refractivity contribution >= 4 is 33.3 Å². The van der Waals surface area contributed by atoms with Crippen molar-refractivity contribution in [3.63, 3.8) is 0 Å². The highest BCUT2D eigenvalue weighted by Crippen LogP contribution is 2.33. The van der Waals surface area contributed by atoms with Crippen molar-refractivity contribution in [2.45, 2.75) is 52.4 Å². The fraction of sp³-hybridized carbons (Fsp3) is 0.455. The van der Waals surface area contributed by atoms with E-state index in [0.29, 0.717) is 16.8 Å². The number of carbonyl (C=O) groups excluding carboxylic acids is 2. The molecule has 1 aliphatic rings. The minimum Gasteiger partial charge on any atom is -0.457 e. The van der Waals surface area contributed by atoms with Crippen LogP contribution in [-0.2, 0) is 35.8 Å². The molecule has 0 atom stereocenters. The van der Waals surface area contributed by atoms with E-state index in [9.17, 15) is 14.4 Å². The summed E-state index contributed by atoms with van der Waals surface area (Å²) in [5.74, 6) is -0.229. The zero-order valence-electron chi connectivity index (χ0n) is 17.5. The van der Waals surface area contributed by atoms with Crippen molar-refractivity contribution < 1.29 is 14.3 Å². The number of ketones is 1. The number of rotatable bonds is 6. The number of Topliss-reactive ketones (excluding diaryl/α,β-unsaturated/α-hetero) is 1. The Morgan fingerprint density at radius 2 is 2.03 bits per heavy atom. The van der Waals surface area contributed by atoms with Gasteiger partial charge in [0.15, 0.2) is 6.61 Å². The molecule has 7 nitrogen and oxygen atoms in total. The van der Waals surface area contributed by atoms with E-state index >= 15 is 0 Å². The van der Waals surface area contributed by atoms with E-state index < -0.39 is 5.97 Å². The predicted molar refractivity (Wildman–Crippen MR) is 115 cm³/mol. The summed E-state index contributed by atoms with van der Waals surface area (Å²) in [5.41, 5.74) is 3.41. The number of carbonyl (C=O) groups is 2. The van der Waals surface area contributed by atoms with Gasteiger partial charge in [-0.05, 0) is 51.2 Å². The van der Waals surface area contributed by atoms with Gasteiger partial charge in [-0.15, -0.1) is 11.3 Å². The summed E-state index contributed by atoms with van der Waals surface area (Å²) in [6.45, 7) is 3.50. The number of nitrogens with one attached hydrogen (secondary N) is 1. The SMILES string of the molecule is Cc1cc(C(=O)COC(=O)CCc2nc3sc4c(c3c(=O)[nH]2)CCCC4)c(C)n1C. The molecule has 30 heavy (non-hydrogen) atoms. The van der Waals surface area contributed by atoms with Crippen molar-refractivity contribution in [3.8, 4) is 0 Å². The largest absolute Gasteiger partial charge is 0.457 e. The molecular weight excluding hydrogens is 402 g/mol. The summed E-state index contributed by atoms with van der Waals surface area (Å²) in [7, 11) is 1.89. The predicted octanol–water partition coefficient (Wildman–Crippen LogP) is 3.18. The molecule has 0 saturated heterocycles.